The molecule has 142 valence electrons. The van der Waals surface area contributed by atoms with Crippen molar-refractivity contribution in [3.05, 3.63) is 65.8 Å². The average Bonchev–Trinajstić information content (AvgIpc) is 3.35. The van der Waals surface area contributed by atoms with E-state index < -0.39 is 0 Å². The molecule has 1 aliphatic heterocycles. The Balaban J connectivity index is 1.48. The molecule has 0 fully saturated rings. The zero-order valence-electron chi connectivity index (χ0n) is 15.7. The van der Waals surface area contributed by atoms with E-state index in [0.717, 1.165) is 47.6 Å². The summed E-state index contributed by atoms with van der Waals surface area (Å²) in [6.07, 6.45) is 6.49. The standard InChI is InChI=1S/C20H22N8/c1-2-21-20-22-9-13(10-23-20)19-18-16(24-12-25-18)7-8-28(19)11-17-26-14-5-3-4-6-15(14)27-17/h3-6,9-10,12,19H,2,7-8,11H2,1H3,(H,24,25)(H,26,27)(H,21,22,23)/t19-/m0/s1. The number of hydrogen-bond donors (Lipinski definition) is 3. The van der Waals surface area contributed by atoms with Crippen LogP contribution >= 0.6 is 0 Å². The number of para-hydroxylation sites is 2. The first-order valence-electron chi connectivity index (χ1n) is 9.57. The van der Waals surface area contributed by atoms with Crippen molar-refractivity contribution >= 4 is 17.0 Å². The molecule has 1 atom stereocenters. The monoisotopic (exact) mass is 374 g/mol. The molecule has 5 rings (SSSR count). The van der Waals surface area contributed by atoms with Gasteiger partial charge in [0.15, 0.2) is 0 Å². The van der Waals surface area contributed by atoms with E-state index in [1.165, 1.54) is 5.69 Å². The number of benzene rings is 1. The van der Waals surface area contributed by atoms with Crippen LogP contribution in [0.5, 0.6) is 0 Å². The lowest BCUT2D eigenvalue weighted by Gasteiger charge is -2.34. The van der Waals surface area contributed by atoms with Crippen molar-refractivity contribution < 1.29 is 0 Å². The minimum atomic E-state index is -0.00103. The third-order valence-corrected chi connectivity index (χ3v) is 5.14. The van der Waals surface area contributed by atoms with Crippen molar-refractivity contribution in [1.82, 2.24) is 34.8 Å². The first-order valence-corrected chi connectivity index (χ1v) is 9.57. The second-order valence-electron chi connectivity index (χ2n) is 6.96. The number of H-pyrrole nitrogens is 2. The Kier molecular flexibility index (Phi) is 4.25. The van der Waals surface area contributed by atoms with Crippen LogP contribution in [0.1, 0.15) is 35.7 Å². The van der Waals surface area contributed by atoms with Crippen LogP contribution in [0.25, 0.3) is 11.0 Å². The lowest BCUT2D eigenvalue weighted by Crippen LogP contribution is -2.36. The molecule has 8 nitrogen and oxygen atoms in total. The summed E-state index contributed by atoms with van der Waals surface area (Å²) in [6.45, 7) is 4.44. The molecule has 0 radical (unpaired) electrons. The summed E-state index contributed by atoms with van der Waals surface area (Å²) in [7, 11) is 0. The highest BCUT2D eigenvalue weighted by molar-refractivity contribution is 5.74. The van der Waals surface area contributed by atoms with Gasteiger partial charge in [-0.15, -0.1) is 0 Å². The average molecular weight is 374 g/mol. The van der Waals surface area contributed by atoms with Gasteiger partial charge in [-0.3, -0.25) is 4.90 Å². The van der Waals surface area contributed by atoms with Crippen molar-refractivity contribution in [3.8, 4) is 0 Å². The van der Waals surface area contributed by atoms with Crippen LogP contribution in [0.15, 0.2) is 43.0 Å². The van der Waals surface area contributed by atoms with Gasteiger partial charge in [-0.2, -0.15) is 0 Å². The Morgan fingerprint density at radius 1 is 1.18 bits per heavy atom. The first-order chi connectivity index (χ1) is 13.8. The Morgan fingerprint density at radius 2 is 2.04 bits per heavy atom. The fraction of sp³-hybridized carbons (Fsp3) is 0.300. The topological polar surface area (TPSA) is 98.4 Å². The Labute approximate surface area is 162 Å². The second-order valence-corrected chi connectivity index (χ2v) is 6.96. The Morgan fingerprint density at radius 3 is 2.86 bits per heavy atom. The number of anilines is 1. The molecule has 0 spiro atoms. The fourth-order valence-electron chi connectivity index (χ4n) is 3.87. The van der Waals surface area contributed by atoms with Crippen LogP contribution in [-0.2, 0) is 13.0 Å². The quantitative estimate of drug-likeness (QED) is 0.497. The molecule has 1 aromatic carbocycles. The molecule has 0 amide bonds. The predicted molar refractivity (Wildman–Crippen MR) is 107 cm³/mol. The number of nitrogens with zero attached hydrogens (tertiary/aromatic N) is 5. The molecule has 0 aliphatic carbocycles. The van der Waals surface area contributed by atoms with Crippen molar-refractivity contribution in [2.75, 3.05) is 18.4 Å². The van der Waals surface area contributed by atoms with Crippen LogP contribution in [0.3, 0.4) is 0 Å². The van der Waals surface area contributed by atoms with Crippen LogP contribution in [0, 0.1) is 0 Å². The van der Waals surface area contributed by atoms with Crippen LogP contribution in [-0.4, -0.2) is 47.9 Å². The van der Waals surface area contributed by atoms with Crippen LogP contribution in [0.4, 0.5) is 5.95 Å². The molecular weight excluding hydrogens is 352 g/mol. The summed E-state index contributed by atoms with van der Waals surface area (Å²) < 4.78 is 0. The minimum Gasteiger partial charge on any atom is -0.355 e. The molecule has 1 aliphatic rings. The lowest BCUT2D eigenvalue weighted by molar-refractivity contribution is 0.195. The zero-order chi connectivity index (χ0) is 18.9. The van der Waals surface area contributed by atoms with E-state index in [-0.39, 0.29) is 6.04 Å². The van der Waals surface area contributed by atoms with E-state index in [0.29, 0.717) is 12.5 Å². The van der Waals surface area contributed by atoms with Crippen LogP contribution in [0.2, 0.25) is 0 Å². The van der Waals surface area contributed by atoms with E-state index in [1.807, 2.05) is 37.5 Å². The number of fused-ring (bicyclic) bond motifs is 2. The first kappa shape index (κ1) is 16.9. The zero-order valence-corrected chi connectivity index (χ0v) is 15.7. The summed E-state index contributed by atoms with van der Waals surface area (Å²) >= 11 is 0. The molecule has 0 saturated heterocycles. The predicted octanol–water partition coefficient (Wildman–Crippen LogP) is 2.66. The highest BCUT2D eigenvalue weighted by atomic mass is 15.2. The number of imidazole rings is 2. The maximum atomic E-state index is 4.75. The Hall–Kier alpha value is -3.26. The summed E-state index contributed by atoms with van der Waals surface area (Å²) in [5.41, 5.74) is 5.31. The maximum absolute atomic E-state index is 4.75. The minimum absolute atomic E-state index is 0.00103. The molecule has 4 aromatic rings. The molecule has 0 bridgehead atoms. The molecule has 4 heterocycles. The maximum Gasteiger partial charge on any atom is 0.222 e. The fourth-order valence-corrected chi connectivity index (χ4v) is 3.87. The van der Waals surface area contributed by atoms with E-state index in [4.69, 9.17) is 4.98 Å². The summed E-state index contributed by atoms with van der Waals surface area (Å²) in [6, 6.07) is 8.11. The summed E-state index contributed by atoms with van der Waals surface area (Å²) in [4.78, 5) is 27.4. The van der Waals surface area contributed by atoms with Gasteiger partial charge in [0, 0.05) is 43.2 Å². The molecule has 3 N–H and O–H groups in total. The van der Waals surface area contributed by atoms with Crippen molar-refractivity contribution in [1.29, 1.82) is 0 Å². The Bertz CT molecular complexity index is 1050. The van der Waals surface area contributed by atoms with E-state index in [1.54, 1.807) is 6.33 Å². The number of aromatic nitrogens is 6. The van der Waals surface area contributed by atoms with Gasteiger partial charge < -0.3 is 15.3 Å². The second kappa shape index (κ2) is 7.05. The molecular formula is C20H22N8. The number of hydrogen-bond acceptors (Lipinski definition) is 6. The van der Waals surface area contributed by atoms with Crippen molar-refractivity contribution in [2.24, 2.45) is 0 Å². The normalized spacial score (nSPS) is 17.0. The van der Waals surface area contributed by atoms with Crippen molar-refractivity contribution in [3.63, 3.8) is 0 Å². The van der Waals surface area contributed by atoms with Crippen LogP contribution < -0.4 is 5.32 Å². The van der Waals surface area contributed by atoms with Crippen molar-refractivity contribution in [2.45, 2.75) is 25.9 Å². The highest BCUT2D eigenvalue weighted by Crippen LogP contribution is 2.33. The third kappa shape index (κ3) is 3.01. The molecule has 28 heavy (non-hydrogen) atoms. The highest BCUT2D eigenvalue weighted by Gasteiger charge is 2.32. The lowest BCUT2D eigenvalue weighted by atomic mass is 9.97. The summed E-state index contributed by atoms with van der Waals surface area (Å²) in [5, 5.41) is 3.15. The van der Waals surface area contributed by atoms with Gasteiger partial charge in [0.2, 0.25) is 5.95 Å². The van der Waals surface area contributed by atoms with Gasteiger partial charge in [-0.05, 0) is 19.1 Å². The van der Waals surface area contributed by atoms with Gasteiger partial charge in [0.1, 0.15) is 5.82 Å². The van der Waals surface area contributed by atoms with E-state index in [9.17, 15) is 0 Å². The SMILES string of the molecule is CCNc1ncc([C@H]2c3nc[nH]c3CCN2Cc2nc3ccccc3[nH]2)cn1. The number of rotatable bonds is 5. The molecule has 8 heteroatoms. The number of nitrogens with one attached hydrogen (secondary N) is 3. The largest absolute Gasteiger partial charge is 0.355 e. The van der Waals surface area contributed by atoms with Gasteiger partial charge in [-0.1, -0.05) is 12.1 Å². The smallest absolute Gasteiger partial charge is 0.222 e. The molecule has 0 unspecified atom stereocenters. The van der Waals surface area contributed by atoms with Gasteiger partial charge in [-0.25, -0.2) is 19.9 Å². The van der Waals surface area contributed by atoms with E-state index >= 15 is 0 Å². The summed E-state index contributed by atoms with van der Waals surface area (Å²) in [5.74, 6) is 1.60. The van der Waals surface area contributed by atoms with E-state index in [2.05, 4.69) is 41.2 Å². The molecule has 0 saturated carbocycles. The number of aromatic amines is 2. The van der Waals surface area contributed by atoms with Gasteiger partial charge >= 0.3 is 0 Å². The van der Waals surface area contributed by atoms with Gasteiger partial charge in [0.25, 0.3) is 0 Å². The van der Waals surface area contributed by atoms with Gasteiger partial charge in [0.05, 0.1) is 35.6 Å². The molecule has 3 aromatic heterocycles. The third-order valence-electron chi connectivity index (χ3n) is 5.14.